The highest BCUT2D eigenvalue weighted by atomic mass is 19.4. The maximum Gasteiger partial charge on any atom is 0.416 e. The lowest BCUT2D eigenvalue weighted by Crippen LogP contribution is -2.33. The number of aliphatic imine (C=N–C) groups is 1. The fourth-order valence-corrected chi connectivity index (χ4v) is 2.99. The number of halogens is 3. The molecule has 0 saturated carbocycles. The fourth-order valence-electron chi connectivity index (χ4n) is 2.99. The molecular formula is C20H18F3N3O2. The first-order chi connectivity index (χ1) is 13.1. The van der Waals surface area contributed by atoms with Crippen LogP contribution in [0.1, 0.15) is 42.3 Å². The zero-order chi connectivity index (χ0) is 20.5. The molecule has 0 radical (unpaired) electrons. The first kappa shape index (κ1) is 19.7. The van der Waals surface area contributed by atoms with Crippen molar-refractivity contribution in [2.75, 3.05) is 0 Å². The minimum Gasteiger partial charge on any atom is -0.344 e. The van der Waals surface area contributed by atoms with E-state index in [1.807, 2.05) is 0 Å². The largest absolute Gasteiger partial charge is 0.416 e. The zero-order valence-electron chi connectivity index (χ0n) is 15.3. The summed E-state index contributed by atoms with van der Waals surface area (Å²) in [6.45, 7) is 3.24. The van der Waals surface area contributed by atoms with Crippen LogP contribution >= 0.6 is 0 Å². The third kappa shape index (κ3) is 4.44. The molecule has 1 N–H and O–H groups in total. The van der Waals surface area contributed by atoms with E-state index in [1.165, 1.54) is 13.0 Å². The Kier molecular flexibility index (Phi) is 5.31. The first-order valence-corrected chi connectivity index (χ1v) is 8.66. The van der Waals surface area contributed by atoms with Gasteiger partial charge < -0.3 is 5.32 Å². The molecule has 0 fully saturated rings. The molecule has 0 spiro atoms. The molecule has 1 unspecified atom stereocenters. The van der Waals surface area contributed by atoms with Crippen molar-refractivity contribution in [1.29, 1.82) is 0 Å². The number of rotatable bonds is 5. The highest BCUT2D eigenvalue weighted by molar-refractivity contribution is 6.41. The molecule has 146 valence electrons. The molecule has 1 aliphatic rings. The molecule has 0 saturated heterocycles. The van der Waals surface area contributed by atoms with Crippen molar-refractivity contribution in [2.24, 2.45) is 4.99 Å². The van der Waals surface area contributed by atoms with Crippen molar-refractivity contribution >= 4 is 23.1 Å². The van der Waals surface area contributed by atoms with Crippen molar-refractivity contribution < 1.29 is 22.8 Å². The number of fused-ring (bicyclic) bond motifs is 1. The molecular weight excluding hydrogens is 371 g/mol. The summed E-state index contributed by atoms with van der Waals surface area (Å²) in [5.74, 6) is -0.458. The Morgan fingerprint density at radius 1 is 1.21 bits per heavy atom. The number of pyridine rings is 1. The molecule has 1 aliphatic heterocycles. The van der Waals surface area contributed by atoms with Gasteiger partial charge in [0.25, 0.3) is 5.91 Å². The lowest BCUT2D eigenvalue weighted by atomic mass is 10.0. The second-order valence-electron chi connectivity index (χ2n) is 6.73. The van der Waals surface area contributed by atoms with Gasteiger partial charge in [-0.2, -0.15) is 13.2 Å². The van der Waals surface area contributed by atoms with E-state index in [2.05, 4.69) is 15.3 Å². The number of Topliss-reactive ketones (excluding diaryl/α,β-unsaturated/α-hetero) is 1. The van der Waals surface area contributed by atoms with Gasteiger partial charge in [-0.15, -0.1) is 0 Å². The summed E-state index contributed by atoms with van der Waals surface area (Å²) in [7, 11) is 0. The van der Waals surface area contributed by atoms with Gasteiger partial charge in [0.2, 0.25) is 0 Å². The molecule has 3 rings (SSSR count). The number of benzene rings is 1. The quantitative estimate of drug-likeness (QED) is 0.847. The topological polar surface area (TPSA) is 71.4 Å². The summed E-state index contributed by atoms with van der Waals surface area (Å²) in [5, 5.41) is 2.79. The standard InChI is InChI=1S/C20H18F3N3O2/c1-11(27)7-16-9-13(5-6-24-16)12(2)25-19(28)18-10-14-8-15(20(21,22)23)3-4-17(14)26-18/h3-6,8-9,12H,7,10H2,1-2H3,(H,25,28). The molecule has 5 nitrogen and oxygen atoms in total. The monoisotopic (exact) mass is 389 g/mol. The van der Waals surface area contributed by atoms with Crippen LogP contribution in [0.15, 0.2) is 41.5 Å². The van der Waals surface area contributed by atoms with Crippen LogP contribution in [0, 0.1) is 0 Å². The van der Waals surface area contributed by atoms with Crippen molar-refractivity contribution in [1.82, 2.24) is 10.3 Å². The van der Waals surface area contributed by atoms with Crippen LogP contribution in [0.5, 0.6) is 0 Å². The number of alkyl halides is 3. The number of carbonyl (C=O) groups is 2. The second-order valence-corrected chi connectivity index (χ2v) is 6.73. The molecule has 2 heterocycles. The zero-order valence-corrected chi connectivity index (χ0v) is 15.3. The van der Waals surface area contributed by atoms with Crippen LogP contribution in [0.4, 0.5) is 18.9 Å². The normalized spacial score (nSPS) is 14.2. The number of amides is 1. The average Bonchev–Trinajstić information content (AvgIpc) is 3.04. The van der Waals surface area contributed by atoms with Gasteiger partial charge in [-0.25, -0.2) is 4.99 Å². The predicted molar refractivity (Wildman–Crippen MR) is 97.4 cm³/mol. The van der Waals surface area contributed by atoms with Gasteiger partial charge in [-0.3, -0.25) is 14.6 Å². The van der Waals surface area contributed by atoms with Crippen LogP contribution in [0.25, 0.3) is 0 Å². The molecule has 1 atom stereocenters. The third-order valence-corrected chi connectivity index (χ3v) is 4.40. The lowest BCUT2D eigenvalue weighted by Gasteiger charge is -2.15. The molecule has 0 aliphatic carbocycles. The number of nitrogens with one attached hydrogen (secondary N) is 1. The molecule has 0 bridgehead atoms. The fraction of sp³-hybridized carbons (Fsp3) is 0.300. The third-order valence-electron chi connectivity index (χ3n) is 4.40. The van der Waals surface area contributed by atoms with Crippen LogP contribution in [-0.2, 0) is 28.6 Å². The first-order valence-electron chi connectivity index (χ1n) is 8.66. The van der Waals surface area contributed by atoms with Crippen molar-refractivity contribution in [2.45, 2.75) is 38.9 Å². The molecule has 28 heavy (non-hydrogen) atoms. The summed E-state index contributed by atoms with van der Waals surface area (Å²) in [4.78, 5) is 32.0. The van der Waals surface area contributed by atoms with Crippen LogP contribution in [0.3, 0.4) is 0 Å². The van der Waals surface area contributed by atoms with E-state index in [4.69, 9.17) is 0 Å². The minimum absolute atomic E-state index is 0.0161. The van der Waals surface area contributed by atoms with Gasteiger partial charge in [0, 0.05) is 24.7 Å². The van der Waals surface area contributed by atoms with Crippen LogP contribution < -0.4 is 5.32 Å². The molecule has 1 amide bonds. The molecule has 2 aromatic rings. The van der Waals surface area contributed by atoms with E-state index in [0.29, 0.717) is 16.9 Å². The Bertz CT molecular complexity index is 967. The van der Waals surface area contributed by atoms with Gasteiger partial charge in [-0.05, 0) is 55.3 Å². The van der Waals surface area contributed by atoms with Crippen molar-refractivity contribution in [3.8, 4) is 0 Å². The van der Waals surface area contributed by atoms with Gasteiger partial charge in [0.05, 0.1) is 17.3 Å². The summed E-state index contributed by atoms with van der Waals surface area (Å²) < 4.78 is 38.5. The number of aromatic nitrogens is 1. The van der Waals surface area contributed by atoms with Crippen LogP contribution in [-0.4, -0.2) is 22.4 Å². The van der Waals surface area contributed by atoms with Crippen molar-refractivity contribution in [3.05, 3.63) is 58.9 Å². The SMILES string of the molecule is CC(=O)Cc1cc(C(C)NC(=O)C2=Nc3ccc(C(F)(F)F)cc3C2)ccn1. The van der Waals surface area contributed by atoms with E-state index >= 15 is 0 Å². The van der Waals surface area contributed by atoms with Gasteiger partial charge in [0.1, 0.15) is 11.5 Å². The Labute approximate surface area is 159 Å². The van der Waals surface area contributed by atoms with E-state index in [-0.39, 0.29) is 30.4 Å². The van der Waals surface area contributed by atoms with E-state index < -0.39 is 17.6 Å². The highest BCUT2D eigenvalue weighted by Gasteiger charge is 2.32. The number of carbonyl (C=O) groups excluding carboxylic acids is 2. The Balaban J connectivity index is 1.69. The summed E-state index contributed by atoms with van der Waals surface area (Å²) in [6.07, 6.45) is -2.62. The predicted octanol–water partition coefficient (Wildman–Crippen LogP) is 3.74. The maximum atomic E-state index is 12.8. The van der Waals surface area contributed by atoms with Gasteiger partial charge >= 0.3 is 6.18 Å². The van der Waals surface area contributed by atoms with E-state index in [9.17, 15) is 22.8 Å². The highest BCUT2D eigenvalue weighted by Crippen LogP contribution is 2.35. The number of nitrogens with zero attached hydrogens (tertiary/aromatic N) is 2. The lowest BCUT2D eigenvalue weighted by molar-refractivity contribution is -0.137. The molecule has 1 aromatic carbocycles. The second kappa shape index (κ2) is 7.53. The Morgan fingerprint density at radius 3 is 2.64 bits per heavy atom. The summed E-state index contributed by atoms with van der Waals surface area (Å²) in [6, 6.07) is 6.36. The molecule has 8 heteroatoms. The Hall–Kier alpha value is -3.03. The van der Waals surface area contributed by atoms with Crippen LogP contribution in [0.2, 0.25) is 0 Å². The number of hydrogen-bond acceptors (Lipinski definition) is 4. The summed E-state index contributed by atoms with van der Waals surface area (Å²) in [5.41, 5.74) is 1.54. The average molecular weight is 389 g/mol. The number of hydrogen-bond donors (Lipinski definition) is 1. The smallest absolute Gasteiger partial charge is 0.344 e. The minimum atomic E-state index is -4.44. The molecule has 1 aromatic heterocycles. The van der Waals surface area contributed by atoms with E-state index in [0.717, 1.165) is 17.7 Å². The van der Waals surface area contributed by atoms with Gasteiger partial charge in [0.15, 0.2) is 0 Å². The summed E-state index contributed by atoms with van der Waals surface area (Å²) >= 11 is 0. The van der Waals surface area contributed by atoms with Gasteiger partial charge in [-0.1, -0.05) is 0 Å². The number of ketones is 1. The van der Waals surface area contributed by atoms with Crippen molar-refractivity contribution in [3.63, 3.8) is 0 Å². The van der Waals surface area contributed by atoms with E-state index in [1.54, 1.807) is 25.3 Å². The Morgan fingerprint density at radius 2 is 1.96 bits per heavy atom. The maximum absolute atomic E-state index is 12.8.